The van der Waals surface area contributed by atoms with Crippen LogP contribution in [0.25, 0.3) is 11.1 Å². The Kier molecular flexibility index (Phi) is 5.75. The third-order valence-corrected chi connectivity index (χ3v) is 4.98. The van der Waals surface area contributed by atoms with Crippen molar-refractivity contribution in [2.75, 3.05) is 12.8 Å². The zero-order chi connectivity index (χ0) is 21.8. The molecule has 0 amide bonds. The van der Waals surface area contributed by atoms with Crippen molar-refractivity contribution in [1.82, 2.24) is 4.98 Å². The standard InChI is InChI=1S/C23H20N4O3/c1-13-5-4-6-19(14(13)2)30-12-16-9-15(7-8-20(16)29-3)21-17(10-24)22(26)27-23(28)18(21)11-25/h4-9H,12H2,1-3H3,(H3,26,27,28). The summed E-state index contributed by atoms with van der Waals surface area (Å²) in [5, 5.41) is 19.0. The Morgan fingerprint density at radius 2 is 1.80 bits per heavy atom. The maximum Gasteiger partial charge on any atom is 0.268 e. The molecule has 1 heterocycles. The Morgan fingerprint density at radius 1 is 1.07 bits per heavy atom. The van der Waals surface area contributed by atoms with Gasteiger partial charge in [-0.25, -0.2) is 0 Å². The number of hydrogen-bond donors (Lipinski definition) is 2. The second kappa shape index (κ2) is 8.42. The van der Waals surface area contributed by atoms with Gasteiger partial charge in [0.2, 0.25) is 0 Å². The lowest BCUT2D eigenvalue weighted by molar-refractivity contribution is 0.294. The fraction of sp³-hybridized carbons (Fsp3) is 0.174. The molecule has 0 radical (unpaired) electrons. The number of aromatic nitrogens is 1. The number of ether oxygens (including phenoxy) is 2. The zero-order valence-corrected chi connectivity index (χ0v) is 16.9. The number of benzene rings is 2. The van der Waals surface area contributed by atoms with Gasteiger partial charge in [0.05, 0.1) is 7.11 Å². The van der Waals surface area contributed by atoms with Crippen molar-refractivity contribution in [3.63, 3.8) is 0 Å². The van der Waals surface area contributed by atoms with Crippen LogP contribution in [0.5, 0.6) is 11.5 Å². The summed E-state index contributed by atoms with van der Waals surface area (Å²) in [7, 11) is 1.54. The summed E-state index contributed by atoms with van der Waals surface area (Å²) < 4.78 is 11.4. The molecule has 150 valence electrons. The maximum atomic E-state index is 12.2. The number of anilines is 1. The molecular formula is C23H20N4O3. The van der Waals surface area contributed by atoms with E-state index in [0.29, 0.717) is 16.9 Å². The molecule has 30 heavy (non-hydrogen) atoms. The fourth-order valence-electron chi connectivity index (χ4n) is 3.21. The third-order valence-electron chi connectivity index (χ3n) is 4.98. The molecule has 7 nitrogen and oxygen atoms in total. The first kappa shape index (κ1) is 20.5. The Balaban J connectivity index is 2.11. The summed E-state index contributed by atoms with van der Waals surface area (Å²) in [4.78, 5) is 14.5. The lowest BCUT2D eigenvalue weighted by Crippen LogP contribution is -2.16. The number of methoxy groups -OCH3 is 1. The van der Waals surface area contributed by atoms with E-state index in [2.05, 4.69) is 4.98 Å². The fourth-order valence-corrected chi connectivity index (χ4v) is 3.21. The van der Waals surface area contributed by atoms with Crippen LogP contribution in [0.3, 0.4) is 0 Å². The molecule has 0 saturated carbocycles. The average Bonchev–Trinajstić information content (AvgIpc) is 2.74. The number of nitrogens with one attached hydrogen (secondary N) is 1. The quantitative estimate of drug-likeness (QED) is 0.674. The summed E-state index contributed by atoms with van der Waals surface area (Å²) in [6, 6.07) is 14.8. The number of rotatable bonds is 5. The predicted octanol–water partition coefficient (Wildman–Crippen LogP) is 3.57. The van der Waals surface area contributed by atoms with Crippen LogP contribution < -0.4 is 20.8 Å². The normalized spacial score (nSPS) is 10.2. The van der Waals surface area contributed by atoms with Gasteiger partial charge in [0, 0.05) is 11.1 Å². The number of nitrogens with two attached hydrogens (primary N) is 1. The predicted molar refractivity (Wildman–Crippen MR) is 113 cm³/mol. The number of hydrogen-bond acceptors (Lipinski definition) is 6. The van der Waals surface area contributed by atoms with Crippen molar-refractivity contribution in [2.24, 2.45) is 0 Å². The molecule has 2 aromatic carbocycles. The van der Waals surface area contributed by atoms with E-state index in [0.717, 1.165) is 16.9 Å². The highest BCUT2D eigenvalue weighted by molar-refractivity contribution is 5.80. The molecule has 0 spiro atoms. The molecule has 3 aromatic rings. The van der Waals surface area contributed by atoms with E-state index < -0.39 is 5.56 Å². The monoisotopic (exact) mass is 400 g/mol. The van der Waals surface area contributed by atoms with Gasteiger partial charge in [-0.2, -0.15) is 10.5 Å². The maximum absolute atomic E-state index is 12.2. The van der Waals surface area contributed by atoms with Crippen LogP contribution in [0.4, 0.5) is 5.82 Å². The Bertz CT molecular complexity index is 1260. The van der Waals surface area contributed by atoms with Crippen LogP contribution in [0.15, 0.2) is 41.2 Å². The molecule has 1 aromatic heterocycles. The number of nitrogen functional groups attached to an aromatic ring is 1. The topological polar surface area (TPSA) is 125 Å². The highest BCUT2D eigenvalue weighted by Gasteiger charge is 2.19. The average molecular weight is 400 g/mol. The highest BCUT2D eigenvalue weighted by Crippen LogP contribution is 2.32. The minimum Gasteiger partial charge on any atom is -0.496 e. The van der Waals surface area contributed by atoms with Crippen molar-refractivity contribution >= 4 is 5.82 Å². The number of nitrogens with zero attached hydrogens (tertiary/aromatic N) is 2. The molecular weight excluding hydrogens is 380 g/mol. The Labute approximate surface area is 173 Å². The van der Waals surface area contributed by atoms with Gasteiger partial charge in [-0.1, -0.05) is 18.2 Å². The second-order valence-electron chi connectivity index (χ2n) is 6.73. The van der Waals surface area contributed by atoms with Gasteiger partial charge in [0.25, 0.3) is 5.56 Å². The second-order valence-corrected chi connectivity index (χ2v) is 6.73. The number of pyridine rings is 1. The number of aryl methyl sites for hydroxylation is 1. The van der Waals surface area contributed by atoms with Crippen molar-refractivity contribution in [2.45, 2.75) is 20.5 Å². The van der Waals surface area contributed by atoms with E-state index in [1.807, 2.05) is 44.2 Å². The number of nitriles is 2. The first-order valence-corrected chi connectivity index (χ1v) is 9.13. The highest BCUT2D eigenvalue weighted by atomic mass is 16.5. The van der Waals surface area contributed by atoms with Crippen molar-refractivity contribution < 1.29 is 9.47 Å². The van der Waals surface area contributed by atoms with E-state index in [9.17, 15) is 15.3 Å². The molecule has 7 heteroatoms. The Morgan fingerprint density at radius 3 is 2.47 bits per heavy atom. The lowest BCUT2D eigenvalue weighted by atomic mass is 9.95. The molecule has 0 bridgehead atoms. The summed E-state index contributed by atoms with van der Waals surface area (Å²) in [5.41, 5.74) is 8.58. The van der Waals surface area contributed by atoms with E-state index in [-0.39, 0.29) is 29.1 Å². The van der Waals surface area contributed by atoms with Crippen molar-refractivity contribution in [3.05, 3.63) is 74.6 Å². The van der Waals surface area contributed by atoms with Gasteiger partial charge in [0.15, 0.2) is 0 Å². The molecule has 3 rings (SSSR count). The molecule has 0 unspecified atom stereocenters. The van der Waals surface area contributed by atoms with E-state index in [1.165, 1.54) is 0 Å². The van der Waals surface area contributed by atoms with Crippen molar-refractivity contribution in [3.8, 4) is 34.8 Å². The minimum atomic E-state index is -0.645. The zero-order valence-electron chi connectivity index (χ0n) is 16.9. The van der Waals surface area contributed by atoms with Gasteiger partial charge >= 0.3 is 0 Å². The van der Waals surface area contributed by atoms with Gasteiger partial charge in [-0.3, -0.25) is 4.79 Å². The molecule has 0 aliphatic rings. The summed E-state index contributed by atoms with van der Waals surface area (Å²) in [6.45, 7) is 4.19. The minimum absolute atomic E-state index is 0.0395. The largest absolute Gasteiger partial charge is 0.496 e. The van der Waals surface area contributed by atoms with Crippen LogP contribution in [0.1, 0.15) is 27.8 Å². The smallest absolute Gasteiger partial charge is 0.268 e. The van der Waals surface area contributed by atoms with Crippen LogP contribution in [0, 0.1) is 36.5 Å². The molecule has 0 atom stereocenters. The summed E-state index contributed by atoms with van der Waals surface area (Å²) in [5.74, 6) is 1.25. The van der Waals surface area contributed by atoms with Crippen LogP contribution in [0.2, 0.25) is 0 Å². The van der Waals surface area contributed by atoms with E-state index >= 15 is 0 Å². The van der Waals surface area contributed by atoms with Crippen LogP contribution in [-0.2, 0) is 6.61 Å². The number of aromatic amines is 1. The van der Waals surface area contributed by atoms with Crippen molar-refractivity contribution in [1.29, 1.82) is 10.5 Å². The van der Waals surface area contributed by atoms with Crippen LogP contribution >= 0.6 is 0 Å². The Hall–Kier alpha value is -4.23. The van der Waals surface area contributed by atoms with Gasteiger partial charge in [0.1, 0.15) is 47.2 Å². The van der Waals surface area contributed by atoms with Gasteiger partial charge in [-0.15, -0.1) is 0 Å². The number of H-pyrrole nitrogens is 1. The van der Waals surface area contributed by atoms with E-state index in [1.54, 1.807) is 25.3 Å². The first-order chi connectivity index (χ1) is 14.4. The summed E-state index contributed by atoms with van der Waals surface area (Å²) >= 11 is 0. The summed E-state index contributed by atoms with van der Waals surface area (Å²) in [6.07, 6.45) is 0. The molecule has 3 N–H and O–H groups in total. The molecule has 0 fully saturated rings. The van der Waals surface area contributed by atoms with Crippen LogP contribution in [-0.4, -0.2) is 12.1 Å². The molecule has 0 saturated heterocycles. The van der Waals surface area contributed by atoms with Gasteiger partial charge in [-0.05, 0) is 48.7 Å². The molecule has 0 aliphatic carbocycles. The van der Waals surface area contributed by atoms with Gasteiger partial charge < -0.3 is 20.2 Å². The lowest BCUT2D eigenvalue weighted by Gasteiger charge is -2.15. The SMILES string of the molecule is COc1ccc(-c2c(C#N)c(N)[nH]c(=O)c2C#N)cc1COc1cccc(C)c1C. The molecule has 0 aliphatic heterocycles. The first-order valence-electron chi connectivity index (χ1n) is 9.13. The van der Waals surface area contributed by atoms with E-state index in [4.69, 9.17) is 15.2 Å². The third kappa shape index (κ3) is 3.69.